The van der Waals surface area contributed by atoms with Crippen molar-refractivity contribution in [2.24, 2.45) is 0 Å². The zero-order valence-corrected chi connectivity index (χ0v) is 14.8. The van der Waals surface area contributed by atoms with Gasteiger partial charge in [-0.1, -0.05) is 30.3 Å². The van der Waals surface area contributed by atoms with E-state index in [1.807, 2.05) is 48.5 Å². The lowest BCUT2D eigenvalue weighted by Gasteiger charge is -2.10. The number of carbonyl (C=O) groups is 1. The maximum atomic E-state index is 12.9. The molecule has 28 heavy (non-hydrogen) atoms. The number of hydrogen-bond donors (Lipinski definition) is 1. The SMILES string of the molecule is O=C(Nc1ccc2c(OCc3ccccc3)nccc2c1)c1ccc(F)cn1. The van der Waals surface area contributed by atoms with Gasteiger partial charge in [-0.15, -0.1) is 0 Å². The highest BCUT2D eigenvalue weighted by molar-refractivity contribution is 6.04. The van der Waals surface area contributed by atoms with Crippen molar-refractivity contribution in [1.82, 2.24) is 9.97 Å². The smallest absolute Gasteiger partial charge is 0.274 e. The summed E-state index contributed by atoms with van der Waals surface area (Å²) in [5, 5.41) is 4.48. The van der Waals surface area contributed by atoms with Gasteiger partial charge in [0.1, 0.15) is 18.1 Å². The maximum Gasteiger partial charge on any atom is 0.274 e. The fourth-order valence-corrected chi connectivity index (χ4v) is 2.77. The third-order valence-electron chi connectivity index (χ3n) is 4.16. The molecule has 4 rings (SSSR count). The van der Waals surface area contributed by atoms with Crippen LogP contribution in [-0.4, -0.2) is 15.9 Å². The molecule has 2 heterocycles. The molecule has 1 N–H and O–H groups in total. The molecular weight excluding hydrogens is 357 g/mol. The number of ether oxygens (including phenoxy) is 1. The summed E-state index contributed by atoms with van der Waals surface area (Å²) < 4.78 is 18.8. The van der Waals surface area contributed by atoms with Gasteiger partial charge in [-0.2, -0.15) is 0 Å². The van der Waals surface area contributed by atoms with E-state index >= 15 is 0 Å². The second kappa shape index (κ2) is 7.84. The zero-order valence-electron chi connectivity index (χ0n) is 14.8. The van der Waals surface area contributed by atoms with Gasteiger partial charge in [0.15, 0.2) is 0 Å². The number of fused-ring (bicyclic) bond motifs is 1. The third kappa shape index (κ3) is 3.96. The normalized spacial score (nSPS) is 10.6. The van der Waals surface area contributed by atoms with Gasteiger partial charge in [0.25, 0.3) is 5.91 Å². The van der Waals surface area contributed by atoms with E-state index in [4.69, 9.17) is 4.74 Å². The predicted molar refractivity (Wildman–Crippen MR) is 105 cm³/mol. The van der Waals surface area contributed by atoms with Crippen molar-refractivity contribution < 1.29 is 13.9 Å². The summed E-state index contributed by atoms with van der Waals surface area (Å²) >= 11 is 0. The first-order valence-corrected chi connectivity index (χ1v) is 8.67. The minimum atomic E-state index is -0.488. The van der Waals surface area contributed by atoms with Crippen LogP contribution >= 0.6 is 0 Å². The van der Waals surface area contributed by atoms with Gasteiger partial charge in [-0.25, -0.2) is 14.4 Å². The molecule has 0 saturated carbocycles. The van der Waals surface area contributed by atoms with E-state index in [1.165, 1.54) is 12.1 Å². The van der Waals surface area contributed by atoms with Crippen molar-refractivity contribution in [3.8, 4) is 5.88 Å². The molecule has 2 aromatic heterocycles. The summed E-state index contributed by atoms with van der Waals surface area (Å²) in [7, 11) is 0. The van der Waals surface area contributed by atoms with E-state index < -0.39 is 11.7 Å². The van der Waals surface area contributed by atoms with Crippen molar-refractivity contribution in [3.05, 3.63) is 96.2 Å². The lowest BCUT2D eigenvalue weighted by atomic mass is 10.1. The molecule has 2 aromatic carbocycles. The lowest BCUT2D eigenvalue weighted by Crippen LogP contribution is -2.13. The molecule has 0 aliphatic heterocycles. The Morgan fingerprint density at radius 1 is 1.00 bits per heavy atom. The Hall–Kier alpha value is -3.80. The van der Waals surface area contributed by atoms with Crippen LogP contribution in [0.5, 0.6) is 5.88 Å². The fourth-order valence-electron chi connectivity index (χ4n) is 2.77. The Morgan fingerprint density at radius 2 is 1.86 bits per heavy atom. The van der Waals surface area contributed by atoms with E-state index in [2.05, 4.69) is 15.3 Å². The van der Waals surface area contributed by atoms with Gasteiger partial charge in [-0.05, 0) is 47.3 Å². The number of hydrogen-bond acceptors (Lipinski definition) is 4. The highest BCUT2D eigenvalue weighted by Gasteiger charge is 2.10. The average molecular weight is 373 g/mol. The number of rotatable bonds is 5. The molecule has 0 aliphatic carbocycles. The third-order valence-corrected chi connectivity index (χ3v) is 4.16. The monoisotopic (exact) mass is 373 g/mol. The molecule has 0 radical (unpaired) electrons. The van der Waals surface area contributed by atoms with E-state index in [-0.39, 0.29) is 5.69 Å². The topological polar surface area (TPSA) is 64.1 Å². The molecule has 138 valence electrons. The van der Waals surface area contributed by atoms with Gasteiger partial charge < -0.3 is 10.1 Å². The first-order chi connectivity index (χ1) is 13.7. The van der Waals surface area contributed by atoms with Gasteiger partial charge in [-0.3, -0.25) is 4.79 Å². The van der Waals surface area contributed by atoms with Crippen molar-refractivity contribution in [3.63, 3.8) is 0 Å². The number of amides is 1. The summed E-state index contributed by atoms with van der Waals surface area (Å²) in [5.74, 6) is -0.369. The van der Waals surface area contributed by atoms with Crippen LogP contribution in [0.2, 0.25) is 0 Å². The molecule has 0 unspecified atom stereocenters. The predicted octanol–water partition coefficient (Wildman–Crippen LogP) is 4.60. The quantitative estimate of drug-likeness (QED) is 0.555. The molecule has 0 aliphatic rings. The molecule has 1 amide bonds. The summed E-state index contributed by atoms with van der Waals surface area (Å²) in [6.07, 6.45) is 2.67. The van der Waals surface area contributed by atoms with Crippen LogP contribution in [0.4, 0.5) is 10.1 Å². The average Bonchev–Trinajstić information content (AvgIpc) is 2.73. The Labute approximate surface area is 160 Å². The van der Waals surface area contributed by atoms with Crippen LogP contribution < -0.4 is 10.1 Å². The Morgan fingerprint density at radius 3 is 2.64 bits per heavy atom. The van der Waals surface area contributed by atoms with Crippen molar-refractivity contribution in [2.45, 2.75) is 6.61 Å². The largest absolute Gasteiger partial charge is 0.472 e. The van der Waals surface area contributed by atoms with Crippen LogP contribution in [0.3, 0.4) is 0 Å². The number of benzene rings is 2. The molecule has 4 aromatic rings. The summed E-state index contributed by atoms with van der Waals surface area (Å²) in [6, 6.07) is 19.7. The zero-order chi connectivity index (χ0) is 19.3. The van der Waals surface area contributed by atoms with Crippen molar-refractivity contribution in [1.29, 1.82) is 0 Å². The summed E-state index contributed by atoms with van der Waals surface area (Å²) in [6.45, 7) is 0.418. The number of pyridine rings is 2. The second-order valence-corrected chi connectivity index (χ2v) is 6.14. The van der Waals surface area contributed by atoms with E-state index in [0.29, 0.717) is 18.2 Å². The molecule has 0 saturated heterocycles. The number of nitrogens with one attached hydrogen (secondary N) is 1. The minimum absolute atomic E-state index is 0.142. The highest BCUT2D eigenvalue weighted by Crippen LogP contribution is 2.26. The minimum Gasteiger partial charge on any atom is -0.472 e. The van der Waals surface area contributed by atoms with Gasteiger partial charge in [0.2, 0.25) is 5.88 Å². The molecule has 0 spiro atoms. The van der Waals surface area contributed by atoms with Crippen molar-refractivity contribution in [2.75, 3.05) is 5.32 Å². The van der Waals surface area contributed by atoms with E-state index in [0.717, 1.165) is 22.5 Å². The first kappa shape index (κ1) is 17.6. The van der Waals surface area contributed by atoms with E-state index in [1.54, 1.807) is 12.3 Å². The number of halogens is 1. The lowest BCUT2D eigenvalue weighted by molar-refractivity contribution is 0.102. The molecule has 0 fully saturated rings. The maximum absolute atomic E-state index is 12.9. The van der Waals surface area contributed by atoms with Crippen molar-refractivity contribution >= 4 is 22.4 Å². The molecule has 0 atom stereocenters. The number of carbonyl (C=O) groups excluding carboxylic acids is 1. The number of anilines is 1. The van der Waals surface area contributed by atoms with E-state index in [9.17, 15) is 9.18 Å². The standard InChI is InChI=1S/C22H16FN3O2/c23-17-6-9-20(25-13-17)21(27)26-18-7-8-19-16(12-18)10-11-24-22(19)28-14-15-4-2-1-3-5-15/h1-13H,14H2,(H,26,27). The van der Waals surface area contributed by atoms with Crippen LogP contribution in [0, 0.1) is 5.82 Å². The van der Waals surface area contributed by atoms with Gasteiger partial charge in [0.05, 0.1) is 6.20 Å². The van der Waals surface area contributed by atoms with Crippen LogP contribution in [0.1, 0.15) is 16.1 Å². The summed E-state index contributed by atoms with van der Waals surface area (Å²) in [5.41, 5.74) is 1.80. The van der Waals surface area contributed by atoms with Gasteiger partial charge in [0, 0.05) is 17.3 Å². The number of aromatic nitrogens is 2. The molecule has 6 heteroatoms. The molecular formula is C22H16FN3O2. The van der Waals surface area contributed by atoms with Gasteiger partial charge >= 0.3 is 0 Å². The highest BCUT2D eigenvalue weighted by atomic mass is 19.1. The molecule has 5 nitrogen and oxygen atoms in total. The summed E-state index contributed by atoms with van der Waals surface area (Å²) in [4.78, 5) is 20.4. The fraction of sp³-hybridized carbons (Fsp3) is 0.0455. The second-order valence-electron chi connectivity index (χ2n) is 6.14. The Kier molecular flexibility index (Phi) is 4.93. The van der Waals surface area contributed by atoms with Crippen LogP contribution in [0.15, 0.2) is 79.1 Å². The first-order valence-electron chi connectivity index (χ1n) is 8.67. The van der Waals surface area contributed by atoms with Crippen LogP contribution in [0.25, 0.3) is 10.8 Å². The van der Waals surface area contributed by atoms with Crippen LogP contribution in [-0.2, 0) is 6.61 Å². The molecule has 0 bridgehead atoms. The Balaban J connectivity index is 1.53. The Bertz CT molecular complexity index is 1120. The number of nitrogens with zero attached hydrogens (tertiary/aromatic N) is 2.